The molecule has 0 saturated heterocycles. The summed E-state index contributed by atoms with van der Waals surface area (Å²) >= 11 is 12.6. The molecule has 23 heavy (non-hydrogen) atoms. The molecule has 0 bridgehead atoms. The Morgan fingerprint density at radius 3 is 2.57 bits per heavy atom. The first-order valence-electron chi connectivity index (χ1n) is 7.71. The molecule has 0 saturated carbocycles. The van der Waals surface area contributed by atoms with Crippen LogP contribution < -0.4 is 5.73 Å². The minimum absolute atomic E-state index is 0.144. The highest BCUT2D eigenvalue weighted by Gasteiger charge is 2.20. The number of rotatable bonds is 4. The maximum atomic E-state index is 6.40. The van der Waals surface area contributed by atoms with E-state index in [0.29, 0.717) is 16.6 Å². The molecule has 0 aliphatic carbocycles. The van der Waals surface area contributed by atoms with Gasteiger partial charge in [-0.3, -0.25) is 0 Å². The number of para-hydroxylation sites is 1. The summed E-state index contributed by atoms with van der Waals surface area (Å²) in [5.41, 5.74) is 10.9. The van der Waals surface area contributed by atoms with Crippen LogP contribution >= 0.6 is 23.2 Å². The highest BCUT2D eigenvalue weighted by Crippen LogP contribution is 2.35. The average molecular weight is 347 g/mol. The molecule has 1 aromatic heterocycles. The van der Waals surface area contributed by atoms with Crippen molar-refractivity contribution in [3.63, 3.8) is 0 Å². The van der Waals surface area contributed by atoms with Crippen molar-refractivity contribution in [3.8, 4) is 0 Å². The summed E-state index contributed by atoms with van der Waals surface area (Å²) in [4.78, 5) is 0. The molecular weight excluding hydrogens is 327 g/mol. The maximum Gasteiger partial charge on any atom is 0.0627 e. The van der Waals surface area contributed by atoms with Gasteiger partial charge in [0.15, 0.2) is 0 Å². The van der Waals surface area contributed by atoms with Crippen LogP contribution in [0.3, 0.4) is 0 Å². The molecule has 2 nitrogen and oxygen atoms in total. The number of hydrogen-bond donors (Lipinski definition) is 1. The Bertz CT molecular complexity index is 852. The Morgan fingerprint density at radius 1 is 1.09 bits per heavy atom. The molecule has 3 rings (SSSR count). The molecule has 3 aromatic rings. The van der Waals surface area contributed by atoms with Crippen LogP contribution in [0.1, 0.15) is 22.7 Å². The van der Waals surface area contributed by atoms with E-state index in [-0.39, 0.29) is 5.92 Å². The van der Waals surface area contributed by atoms with Crippen molar-refractivity contribution >= 4 is 34.1 Å². The molecule has 0 aliphatic heterocycles. The monoisotopic (exact) mass is 346 g/mol. The molecule has 2 aromatic carbocycles. The lowest BCUT2D eigenvalue weighted by atomic mass is 9.91. The topological polar surface area (TPSA) is 30.9 Å². The number of aryl methyl sites for hydroxylation is 1. The lowest BCUT2D eigenvalue weighted by molar-refractivity contribution is 0.691. The summed E-state index contributed by atoms with van der Waals surface area (Å²) in [6.07, 6.45) is 0.851. The predicted octanol–water partition coefficient (Wildman–Crippen LogP) is 5.08. The molecule has 2 N–H and O–H groups in total. The Morgan fingerprint density at radius 2 is 1.83 bits per heavy atom. The van der Waals surface area contributed by atoms with Crippen molar-refractivity contribution in [2.75, 3.05) is 6.54 Å². The second kappa shape index (κ2) is 6.56. The van der Waals surface area contributed by atoms with Crippen LogP contribution in [0, 0.1) is 6.92 Å². The van der Waals surface area contributed by atoms with Crippen LogP contribution in [0.25, 0.3) is 10.9 Å². The SMILES string of the molecule is Cc1c(CC(CN)c2cccc(Cl)c2Cl)c2ccccc2n1C. The third kappa shape index (κ3) is 2.87. The lowest BCUT2D eigenvalue weighted by Crippen LogP contribution is -2.16. The van der Waals surface area contributed by atoms with E-state index in [1.165, 1.54) is 22.2 Å². The van der Waals surface area contributed by atoms with E-state index < -0.39 is 0 Å². The standard InChI is InChI=1S/C19H20Cl2N2/c1-12-16(15-6-3-4-9-18(15)23(12)2)10-13(11-22)14-7-5-8-17(20)19(14)21/h3-9,13H,10-11,22H2,1-2H3. The number of nitrogens with two attached hydrogens (primary N) is 1. The smallest absolute Gasteiger partial charge is 0.0627 e. The first-order chi connectivity index (χ1) is 11.0. The molecule has 0 radical (unpaired) electrons. The normalized spacial score (nSPS) is 12.7. The van der Waals surface area contributed by atoms with Crippen LogP contribution in [0.4, 0.5) is 0 Å². The van der Waals surface area contributed by atoms with Crippen LogP contribution in [0.15, 0.2) is 42.5 Å². The third-order valence-corrected chi connectivity index (χ3v) is 5.52. The summed E-state index contributed by atoms with van der Waals surface area (Å²) in [5.74, 6) is 0.144. The lowest BCUT2D eigenvalue weighted by Gasteiger charge is -2.18. The zero-order chi connectivity index (χ0) is 16.6. The van der Waals surface area contributed by atoms with E-state index >= 15 is 0 Å². The fourth-order valence-electron chi connectivity index (χ4n) is 3.26. The van der Waals surface area contributed by atoms with Gasteiger partial charge in [-0.15, -0.1) is 0 Å². The van der Waals surface area contributed by atoms with Gasteiger partial charge in [0, 0.05) is 29.6 Å². The van der Waals surface area contributed by atoms with Crippen molar-refractivity contribution in [1.82, 2.24) is 4.57 Å². The van der Waals surface area contributed by atoms with Gasteiger partial charge in [-0.25, -0.2) is 0 Å². The van der Waals surface area contributed by atoms with E-state index in [4.69, 9.17) is 28.9 Å². The van der Waals surface area contributed by atoms with Crippen molar-refractivity contribution in [2.45, 2.75) is 19.3 Å². The number of fused-ring (bicyclic) bond motifs is 1. The molecule has 1 unspecified atom stereocenters. The summed E-state index contributed by atoms with van der Waals surface area (Å²) < 4.78 is 2.23. The molecule has 4 heteroatoms. The van der Waals surface area contributed by atoms with Crippen molar-refractivity contribution < 1.29 is 0 Å². The molecule has 120 valence electrons. The van der Waals surface area contributed by atoms with Gasteiger partial charge in [-0.2, -0.15) is 0 Å². The number of nitrogens with zero attached hydrogens (tertiary/aromatic N) is 1. The van der Waals surface area contributed by atoms with E-state index in [1.807, 2.05) is 18.2 Å². The minimum Gasteiger partial charge on any atom is -0.348 e. The average Bonchev–Trinajstić information content (AvgIpc) is 2.80. The summed E-state index contributed by atoms with van der Waals surface area (Å²) in [6.45, 7) is 2.69. The van der Waals surface area contributed by atoms with E-state index in [2.05, 4.69) is 42.8 Å². The van der Waals surface area contributed by atoms with Gasteiger partial charge >= 0.3 is 0 Å². The summed E-state index contributed by atoms with van der Waals surface area (Å²) in [6, 6.07) is 14.2. The predicted molar refractivity (Wildman–Crippen MR) is 99.6 cm³/mol. The molecule has 0 amide bonds. The van der Waals surface area contributed by atoms with E-state index in [0.717, 1.165) is 12.0 Å². The summed E-state index contributed by atoms with van der Waals surface area (Å²) in [5, 5.41) is 2.48. The largest absolute Gasteiger partial charge is 0.348 e. The Kier molecular flexibility index (Phi) is 4.67. The highest BCUT2D eigenvalue weighted by atomic mass is 35.5. The third-order valence-electron chi connectivity index (χ3n) is 4.69. The number of benzene rings is 2. The Labute approximate surface area is 146 Å². The summed E-state index contributed by atoms with van der Waals surface area (Å²) in [7, 11) is 2.10. The maximum absolute atomic E-state index is 6.40. The zero-order valence-electron chi connectivity index (χ0n) is 13.3. The molecule has 1 atom stereocenters. The molecular formula is C19H20Cl2N2. The van der Waals surface area contributed by atoms with Crippen LogP contribution in [-0.4, -0.2) is 11.1 Å². The minimum atomic E-state index is 0.144. The highest BCUT2D eigenvalue weighted by molar-refractivity contribution is 6.42. The quantitative estimate of drug-likeness (QED) is 0.701. The fraction of sp³-hybridized carbons (Fsp3) is 0.263. The first kappa shape index (κ1) is 16.4. The second-order valence-electron chi connectivity index (χ2n) is 5.92. The molecule has 0 aliphatic rings. The zero-order valence-corrected chi connectivity index (χ0v) is 14.8. The Hall–Kier alpha value is -1.48. The van der Waals surface area contributed by atoms with Crippen LogP contribution in [0.2, 0.25) is 10.0 Å². The Balaban J connectivity index is 2.06. The van der Waals surface area contributed by atoms with Crippen molar-refractivity contribution in [1.29, 1.82) is 0 Å². The first-order valence-corrected chi connectivity index (χ1v) is 8.47. The van der Waals surface area contributed by atoms with E-state index in [1.54, 1.807) is 0 Å². The molecule has 1 heterocycles. The van der Waals surface area contributed by atoms with Gasteiger partial charge in [0.05, 0.1) is 10.0 Å². The van der Waals surface area contributed by atoms with E-state index in [9.17, 15) is 0 Å². The fourth-order valence-corrected chi connectivity index (χ4v) is 3.72. The van der Waals surface area contributed by atoms with Gasteiger partial charge in [0.25, 0.3) is 0 Å². The van der Waals surface area contributed by atoms with Crippen LogP contribution in [-0.2, 0) is 13.5 Å². The number of halogens is 2. The van der Waals surface area contributed by atoms with Gasteiger partial charge in [-0.05, 0) is 43.1 Å². The van der Waals surface area contributed by atoms with Crippen molar-refractivity contribution in [3.05, 3.63) is 69.3 Å². The van der Waals surface area contributed by atoms with Gasteiger partial charge in [0.1, 0.15) is 0 Å². The van der Waals surface area contributed by atoms with Crippen LogP contribution in [0.5, 0.6) is 0 Å². The second-order valence-corrected chi connectivity index (χ2v) is 6.71. The molecule has 0 spiro atoms. The van der Waals surface area contributed by atoms with Gasteiger partial charge in [-0.1, -0.05) is 53.5 Å². The number of hydrogen-bond acceptors (Lipinski definition) is 1. The number of aromatic nitrogens is 1. The van der Waals surface area contributed by atoms with Gasteiger partial charge in [0.2, 0.25) is 0 Å². The molecule has 0 fully saturated rings. The van der Waals surface area contributed by atoms with Crippen molar-refractivity contribution in [2.24, 2.45) is 12.8 Å². The van der Waals surface area contributed by atoms with Gasteiger partial charge < -0.3 is 10.3 Å².